The lowest BCUT2D eigenvalue weighted by atomic mass is 10.2. The van der Waals surface area contributed by atoms with Crippen LogP contribution >= 0.6 is 0 Å². The molecule has 0 atom stereocenters. The zero-order chi connectivity index (χ0) is 32.6. The second-order valence-corrected chi connectivity index (χ2v) is 15.9. The van der Waals surface area contributed by atoms with Crippen LogP contribution < -0.4 is 0 Å². The first-order valence-corrected chi connectivity index (χ1v) is 18.6. The van der Waals surface area contributed by atoms with E-state index in [2.05, 4.69) is 38.6 Å². The SMILES string of the molecule is COC(=O)CCOCCOCCOCCOCCOCCOCCOCCOCCOCCOCCO[Si](C)(C)C(C)(C)C. The molecule has 0 N–H and O–H groups in total. The van der Waals surface area contributed by atoms with E-state index in [0.717, 1.165) is 0 Å². The van der Waals surface area contributed by atoms with Gasteiger partial charge in [0.1, 0.15) is 0 Å². The van der Waals surface area contributed by atoms with Crippen LogP contribution in [0.3, 0.4) is 0 Å². The summed E-state index contributed by atoms with van der Waals surface area (Å²) in [5, 5.41) is 0.215. The minimum Gasteiger partial charge on any atom is -0.469 e. The van der Waals surface area contributed by atoms with Gasteiger partial charge in [-0.1, -0.05) is 20.8 Å². The molecule has 0 fully saturated rings. The Morgan fingerprint density at radius 1 is 0.432 bits per heavy atom. The van der Waals surface area contributed by atoms with Crippen molar-refractivity contribution >= 4 is 14.3 Å². The van der Waals surface area contributed by atoms with Crippen LogP contribution in [0, 0.1) is 0 Å². The maximum Gasteiger partial charge on any atom is 0.307 e. The van der Waals surface area contributed by atoms with Crippen molar-refractivity contribution in [3.63, 3.8) is 0 Å². The van der Waals surface area contributed by atoms with Crippen molar-refractivity contribution in [3.05, 3.63) is 0 Å². The summed E-state index contributed by atoms with van der Waals surface area (Å²) >= 11 is 0. The molecule has 0 aromatic rings. The topological polar surface area (TPSA) is 128 Å². The van der Waals surface area contributed by atoms with Gasteiger partial charge in [0.2, 0.25) is 0 Å². The summed E-state index contributed by atoms with van der Waals surface area (Å²) in [5.74, 6) is -0.284. The maximum atomic E-state index is 10.9. The van der Waals surface area contributed by atoms with Gasteiger partial charge in [0, 0.05) is 0 Å². The van der Waals surface area contributed by atoms with Gasteiger partial charge >= 0.3 is 5.97 Å². The minimum atomic E-state index is -1.70. The van der Waals surface area contributed by atoms with Crippen LogP contribution in [0.15, 0.2) is 0 Å². The van der Waals surface area contributed by atoms with Crippen LogP contribution in [-0.4, -0.2) is 160 Å². The van der Waals surface area contributed by atoms with Gasteiger partial charge in [-0.05, 0) is 18.1 Å². The average molecular weight is 659 g/mol. The lowest BCUT2D eigenvalue weighted by molar-refractivity contribution is -0.141. The molecule has 0 heterocycles. The molecular weight excluding hydrogens is 596 g/mol. The van der Waals surface area contributed by atoms with Gasteiger partial charge in [0.25, 0.3) is 0 Å². The quantitative estimate of drug-likeness (QED) is 0.0572. The number of carbonyl (C=O) groups is 1. The molecule has 13 nitrogen and oxygen atoms in total. The number of rotatable bonds is 34. The number of hydrogen-bond donors (Lipinski definition) is 0. The molecule has 0 unspecified atom stereocenters. The predicted molar refractivity (Wildman–Crippen MR) is 168 cm³/mol. The number of esters is 1. The molecule has 0 radical (unpaired) electrons. The van der Waals surface area contributed by atoms with Crippen LogP contribution in [0.25, 0.3) is 0 Å². The molecule has 0 spiro atoms. The van der Waals surface area contributed by atoms with E-state index >= 15 is 0 Å². The molecule has 0 aliphatic carbocycles. The fourth-order valence-corrected chi connectivity index (χ4v) is 3.94. The zero-order valence-electron chi connectivity index (χ0n) is 28.4. The molecule has 0 aliphatic heterocycles. The summed E-state index contributed by atoms with van der Waals surface area (Å²) < 4.78 is 65.1. The van der Waals surface area contributed by atoms with Crippen molar-refractivity contribution in [2.75, 3.05) is 146 Å². The Morgan fingerprint density at radius 3 is 0.886 bits per heavy atom. The fraction of sp³-hybridized carbons (Fsp3) is 0.967. The van der Waals surface area contributed by atoms with Gasteiger partial charge in [0.15, 0.2) is 8.32 Å². The van der Waals surface area contributed by atoms with Crippen molar-refractivity contribution in [2.24, 2.45) is 0 Å². The maximum absolute atomic E-state index is 10.9. The summed E-state index contributed by atoms with van der Waals surface area (Å²) in [6.07, 6.45) is 0.246. The summed E-state index contributed by atoms with van der Waals surface area (Å²) in [7, 11) is -0.345. The first-order chi connectivity index (χ1) is 21.2. The molecular formula is C30H62O13Si. The highest BCUT2D eigenvalue weighted by Crippen LogP contribution is 2.36. The second kappa shape index (κ2) is 30.9. The highest BCUT2D eigenvalue weighted by atomic mass is 28.4. The van der Waals surface area contributed by atoms with Gasteiger partial charge in [-0.3, -0.25) is 4.79 Å². The molecule has 0 saturated carbocycles. The highest BCUT2D eigenvalue weighted by Gasteiger charge is 2.36. The van der Waals surface area contributed by atoms with Gasteiger partial charge < -0.3 is 56.5 Å². The Bertz CT molecular complexity index is 620. The predicted octanol–water partition coefficient (Wildman–Crippen LogP) is 2.74. The number of methoxy groups -OCH3 is 1. The smallest absolute Gasteiger partial charge is 0.307 e. The summed E-state index contributed by atoms with van der Waals surface area (Å²) in [5.41, 5.74) is 0. The van der Waals surface area contributed by atoms with E-state index in [-0.39, 0.29) is 17.4 Å². The molecule has 264 valence electrons. The Balaban J connectivity index is 3.13. The molecule has 0 amide bonds. The van der Waals surface area contributed by atoms with Crippen LogP contribution in [0.1, 0.15) is 27.2 Å². The molecule has 14 heteroatoms. The summed E-state index contributed by atoms with van der Waals surface area (Å²) in [6, 6.07) is 0. The van der Waals surface area contributed by atoms with Crippen LogP contribution in [0.5, 0.6) is 0 Å². The third-order valence-corrected chi connectivity index (χ3v) is 11.1. The zero-order valence-corrected chi connectivity index (χ0v) is 29.4. The van der Waals surface area contributed by atoms with E-state index in [0.29, 0.717) is 139 Å². The third kappa shape index (κ3) is 29.9. The number of ether oxygens (including phenoxy) is 11. The normalized spacial score (nSPS) is 12.2. The van der Waals surface area contributed by atoms with Crippen molar-refractivity contribution in [3.8, 4) is 0 Å². The molecule has 0 aromatic heterocycles. The first-order valence-electron chi connectivity index (χ1n) is 15.7. The van der Waals surface area contributed by atoms with E-state index in [1.807, 2.05) is 0 Å². The minimum absolute atomic E-state index is 0.215. The van der Waals surface area contributed by atoms with E-state index in [4.69, 9.17) is 51.8 Å². The van der Waals surface area contributed by atoms with Crippen molar-refractivity contribution < 1.29 is 61.3 Å². The fourth-order valence-electron chi connectivity index (χ4n) is 2.91. The van der Waals surface area contributed by atoms with Gasteiger partial charge in [-0.25, -0.2) is 0 Å². The standard InChI is InChI=1S/C30H62O13Si/c1-30(2,3)44(5,6)43-28-27-42-26-25-41-24-23-40-22-21-39-20-19-38-18-17-37-16-15-36-14-13-35-12-11-34-10-9-33-8-7-29(31)32-4/h7-28H2,1-6H3. The Morgan fingerprint density at radius 2 is 0.659 bits per heavy atom. The van der Waals surface area contributed by atoms with Crippen molar-refractivity contribution in [2.45, 2.75) is 45.3 Å². The molecule has 0 saturated heterocycles. The van der Waals surface area contributed by atoms with Crippen LogP contribution in [0.2, 0.25) is 18.1 Å². The first kappa shape index (κ1) is 43.2. The second-order valence-electron chi connectivity index (χ2n) is 11.1. The van der Waals surface area contributed by atoms with Crippen LogP contribution in [-0.2, 0) is 61.3 Å². The Labute approximate surface area is 266 Å². The van der Waals surface area contributed by atoms with Gasteiger partial charge in [-0.2, -0.15) is 0 Å². The summed E-state index contributed by atoms with van der Waals surface area (Å²) in [4.78, 5) is 10.9. The van der Waals surface area contributed by atoms with Crippen molar-refractivity contribution in [1.82, 2.24) is 0 Å². The van der Waals surface area contributed by atoms with Gasteiger partial charge in [-0.15, -0.1) is 0 Å². The van der Waals surface area contributed by atoms with Gasteiger partial charge in [0.05, 0.1) is 152 Å². The Hall–Kier alpha value is -0.753. The van der Waals surface area contributed by atoms with E-state index in [1.165, 1.54) is 7.11 Å². The Kier molecular flexibility index (Phi) is 30.3. The number of hydrogen-bond acceptors (Lipinski definition) is 13. The molecule has 0 aromatic carbocycles. The molecule has 0 aliphatic rings. The highest BCUT2D eigenvalue weighted by molar-refractivity contribution is 6.74. The van der Waals surface area contributed by atoms with E-state index < -0.39 is 8.32 Å². The molecule has 44 heavy (non-hydrogen) atoms. The van der Waals surface area contributed by atoms with E-state index in [1.54, 1.807) is 0 Å². The largest absolute Gasteiger partial charge is 0.469 e. The van der Waals surface area contributed by atoms with E-state index in [9.17, 15) is 4.79 Å². The third-order valence-electron chi connectivity index (χ3n) is 6.52. The molecule has 0 rings (SSSR count). The number of carbonyl (C=O) groups excluding carboxylic acids is 1. The average Bonchev–Trinajstić information content (AvgIpc) is 2.98. The van der Waals surface area contributed by atoms with Crippen LogP contribution in [0.4, 0.5) is 0 Å². The lowest BCUT2D eigenvalue weighted by Crippen LogP contribution is -2.41. The lowest BCUT2D eigenvalue weighted by Gasteiger charge is -2.36. The molecule has 0 bridgehead atoms. The monoisotopic (exact) mass is 658 g/mol. The van der Waals surface area contributed by atoms with Crippen molar-refractivity contribution in [1.29, 1.82) is 0 Å². The summed E-state index contributed by atoms with van der Waals surface area (Å²) in [6.45, 7) is 21.8.